The number of nitrogens with one attached hydrogen (secondary N) is 1. The molecule has 0 saturated carbocycles. The fraction of sp³-hybridized carbons (Fsp3) is 0.489. The number of piperidine rings is 1. The number of anilines is 1. The summed E-state index contributed by atoms with van der Waals surface area (Å²) in [5, 5.41) is 2.97. The van der Waals surface area contributed by atoms with Crippen molar-refractivity contribution in [3.05, 3.63) is 96.1 Å². The van der Waals surface area contributed by atoms with Crippen molar-refractivity contribution in [3.8, 4) is 5.75 Å². The Morgan fingerprint density at radius 1 is 0.789 bits per heavy atom. The second-order valence-electron chi connectivity index (χ2n) is 15.4. The van der Waals surface area contributed by atoms with E-state index in [1.807, 2.05) is 84.9 Å². The third-order valence-electron chi connectivity index (χ3n) is 11.7. The third-order valence-corrected chi connectivity index (χ3v) is 13.0. The van der Waals surface area contributed by atoms with E-state index in [1.54, 1.807) is 40.6 Å². The molecule has 3 saturated heterocycles. The lowest BCUT2D eigenvalue weighted by molar-refractivity contribution is -0.156. The zero-order valence-electron chi connectivity index (χ0n) is 33.3. The molecule has 4 amide bonds. The Hall–Kier alpha value is -4.84. The number of thioether (sulfide) groups is 1. The zero-order chi connectivity index (χ0) is 40.3. The van der Waals surface area contributed by atoms with Gasteiger partial charge >= 0.3 is 5.97 Å². The summed E-state index contributed by atoms with van der Waals surface area (Å²) in [4.78, 5) is 75.3. The van der Waals surface area contributed by atoms with Crippen LogP contribution in [-0.2, 0) is 41.6 Å². The molecular formula is C45H56N4O7S. The molecule has 57 heavy (non-hydrogen) atoms. The number of carbonyl (C=O) groups is 5. The van der Waals surface area contributed by atoms with Crippen LogP contribution in [0.15, 0.2) is 84.9 Å². The number of benzene rings is 3. The highest BCUT2D eigenvalue weighted by Crippen LogP contribution is 2.36. The number of rotatable bonds is 14. The SMILES string of the molecule is COC(=O)[C@@H]1CCC[C@@H]2SCC[C@H](NC(=O)[C@H](CC[C@H](Cc3ccccc3)C(=O)N(C)[C@H]3CCCCN(c4ccccc4OC)C3=O)Cc3ccccc3)C(=O)N21. The topological polar surface area (TPSA) is 126 Å². The Kier molecular flexibility index (Phi) is 14.7. The normalized spacial score (nSPS) is 22.3. The molecule has 12 heteroatoms. The van der Waals surface area contributed by atoms with E-state index in [2.05, 4.69) is 5.32 Å². The molecule has 0 aromatic heterocycles. The molecular weight excluding hydrogens is 741 g/mol. The number of amides is 4. The average Bonchev–Trinajstić information content (AvgIpc) is 3.53. The molecule has 0 spiro atoms. The van der Waals surface area contributed by atoms with E-state index in [9.17, 15) is 24.0 Å². The minimum Gasteiger partial charge on any atom is -0.495 e. The van der Waals surface area contributed by atoms with Crippen molar-refractivity contribution in [2.45, 2.75) is 94.1 Å². The zero-order valence-corrected chi connectivity index (χ0v) is 34.2. The van der Waals surface area contributed by atoms with E-state index in [0.717, 1.165) is 36.8 Å². The molecule has 0 aliphatic carbocycles. The quantitative estimate of drug-likeness (QED) is 0.196. The Labute approximate surface area is 340 Å². The lowest BCUT2D eigenvalue weighted by Gasteiger charge is -2.40. The predicted octanol–water partition coefficient (Wildman–Crippen LogP) is 6.04. The van der Waals surface area contributed by atoms with Gasteiger partial charge in [-0.3, -0.25) is 19.2 Å². The molecule has 3 fully saturated rings. The van der Waals surface area contributed by atoms with Crippen LogP contribution in [0, 0.1) is 11.8 Å². The minimum absolute atomic E-state index is 0.135. The second-order valence-corrected chi connectivity index (χ2v) is 16.6. The number of ether oxygens (including phenoxy) is 2. The summed E-state index contributed by atoms with van der Waals surface area (Å²) in [6, 6.07) is 25.0. The molecule has 3 heterocycles. The van der Waals surface area contributed by atoms with Gasteiger partial charge in [0, 0.05) is 25.4 Å². The van der Waals surface area contributed by atoms with Gasteiger partial charge in [0.15, 0.2) is 0 Å². The molecule has 3 aliphatic rings. The Morgan fingerprint density at radius 3 is 2.12 bits per heavy atom. The number of fused-ring (bicyclic) bond motifs is 1. The van der Waals surface area contributed by atoms with Gasteiger partial charge in [-0.25, -0.2) is 4.79 Å². The summed E-state index contributed by atoms with van der Waals surface area (Å²) in [6.45, 7) is 0.533. The van der Waals surface area contributed by atoms with Crippen molar-refractivity contribution in [2.75, 3.05) is 38.5 Å². The molecule has 3 aromatic rings. The molecule has 1 N–H and O–H groups in total. The van der Waals surface area contributed by atoms with E-state index < -0.39 is 35.9 Å². The van der Waals surface area contributed by atoms with E-state index in [4.69, 9.17) is 9.47 Å². The third kappa shape index (κ3) is 10.2. The monoisotopic (exact) mass is 796 g/mol. The van der Waals surface area contributed by atoms with E-state index in [0.29, 0.717) is 68.7 Å². The maximum absolute atomic E-state index is 14.7. The number of hydrogen-bond acceptors (Lipinski definition) is 8. The van der Waals surface area contributed by atoms with Gasteiger partial charge in [-0.2, -0.15) is 0 Å². The van der Waals surface area contributed by atoms with Crippen molar-refractivity contribution in [1.29, 1.82) is 0 Å². The van der Waals surface area contributed by atoms with Crippen LogP contribution in [0.5, 0.6) is 5.75 Å². The first-order valence-corrected chi connectivity index (χ1v) is 21.4. The first-order valence-electron chi connectivity index (χ1n) is 20.3. The standard InChI is InChI=1S/C45H56N4O7S/c1-47(37-20-12-13-27-48(44(37)53)36-19-10-11-22-39(36)55-2)42(51)34(30-32-17-8-5-9-18-32)25-24-33(29-31-15-6-4-7-16-31)41(50)46-35-26-28-57-40-23-14-21-38(45(54)56-3)49(40)43(35)52/h4-11,15-19,22,33-35,37-38,40H,12-14,20-21,23-30H2,1-3H3,(H,46,50)/t33-,34-,35+,37+,38+,40+/m1/s1. The van der Waals surface area contributed by atoms with Crippen molar-refractivity contribution in [2.24, 2.45) is 11.8 Å². The molecule has 0 unspecified atom stereocenters. The van der Waals surface area contributed by atoms with Gasteiger partial charge in [-0.15, -0.1) is 11.8 Å². The average molecular weight is 797 g/mol. The molecule has 11 nitrogen and oxygen atoms in total. The van der Waals surface area contributed by atoms with Crippen molar-refractivity contribution >= 4 is 47.0 Å². The predicted molar refractivity (Wildman–Crippen MR) is 222 cm³/mol. The first-order chi connectivity index (χ1) is 27.7. The van der Waals surface area contributed by atoms with Crippen LogP contribution < -0.4 is 15.0 Å². The van der Waals surface area contributed by atoms with Crippen LogP contribution in [0.25, 0.3) is 0 Å². The molecule has 0 radical (unpaired) electrons. The van der Waals surface area contributed by atoms with Gasteiger partial charge in [0.05, 0.1) is 25.3 Å². The molecule has 3 aliphatic heterocycles. The number of likely N-dealkylation sites (N-methyl/N-ethyl adjacent to an activating group) is 1. The highest BCUT2D eigenvalue weighted by Gasteiger charge is 2.44. The minimum atomic E-state index is -0.779. The maximum atomic E-state index is 14.7. The molecule has 3 aromatic carbocycles. The summed E-state index contributed by atoms with van der Waals surface area (Å²) >= 11 is 1.65. The van der Waals surface area contributed by atoms with Gasteiger partial charge in [0.25, 0.3) is 0 Å². The lowest BCUT2D eigenvalue weighted by Crippen LogP contribution is -2.57. The van der Waals surface area contributed by atoms with Gasteiger partial charge < -0.3 is 29.5 Å². The van der Waals surface area contributed by atoms with Gasteiger partial charge in [-0.05, 0) is 99.6 Å². The second kappa shape index (κ2) is 20.0. The van der Waals surface area contributed by atoms with Crippen LogP contribution in [-0.4, -0.2) is 96.5 Å². The van der Waals surface area contributed by atoms with E-state index in [1.165, 1.54) is 7.11 Å². The Bertz CT molecular complexity index is 1850. The lowest BCUT2D eigenvalue weighted by atomic mass is 9.86. The van der Waals surface area contributed by atoms with Gasteiger partial charge in [0.2, 0.25) is 23.6 Å². The summed E-state index contributed by atoms with van der Waals surface area (Å²) in [5.74, 6) is -0.981. The van der Waals surface area contributed by atoms with Crippen molar-refractivity contribution in [1.82, 2.24) is 15.1 Å². The Morgan fingerprint density at radius 2 is 1.44 bits per heavy atom. The fourth-order valence-electron chi connectivity index (χ4n) is 8.59. The van der Waals surface area contributed by atoms with Crippen LogP contribution in [0.4, 0.5) is 5.69 Å². The molecule has 304 valence electrons. The summed E-state index contributed by atoms with van der Waals surface area (Å²) < 4.78 is 10.7. The first kappa shape index (κ1) is 41.8. The molecule has 0 bridgehead atoms. The van der Waals surface area contributed by atoms with E-state index >= 15 is 0 Å². The molecule has 6 atom stereocenters. The molecule has 6 rings (SSSR count). The number of hydrogen-bond donors (Lipinski definition) is 1. The smallest absolute Gasteiger partial charge is 0.328 e. The summed E-state index contributed by atoms with van der Waals surface area (Å²) in [7, 11) is 4.66. The van der Waals surface area contributed by atoms with Crippen LogP contribution in [0.3, 0.4) is 0 Å². The van der Waals surface area contributed by atoms with Crippen LogP contribution in [0.2, 0.25) is 0 Å². The highest BCUT2D eigenvalue weighted by atomic mass is 32.2. The number of para-hydroxylation sites is 2. The van der Waals surface area contributed by atoms with Crippen molar-refractivity contribution in [3.63, 3.8) is 0 Å². The van der Waals surface area contributed by atoms with Crippen LogP contribution in [0.1, 0.15) is 68.9 Å². The van der Waals surface area contributed by atoms with Crippen LogP contribution >= 0.6 is 11.8 Å². The number of methoxy groups -OCH3 is 2. The van der Waals surface area contributed by atoms with Gasteiger partial charge in [0.1, 0.15) is 23.9 Å². The van der Waals surface area contributed by atoms with E-state index in [-0.39, 0.29) is 29.0 Å². The van der Waals surface area contributed by atoms with Gasteiger partial charge in [-0.1, -0.05) is 72.8 Å². The van der Waals surface area contributed by atoms with Crippen molar-refractivity contribution < 1.29 is 33.4 Å². The maximum Gasteiger partial charge on any atom is 0.328 e. The number of nitrogens with zero attached hydrogens (tertiary/aromatic N) is 3. The fourth-order valence-corrected chi connectivity index (χ4v) is 9.98. The summed E-state index contributed by atoms with van der Waals surface area (Å²) in [5.41, 5.74) is 2.66. The largest absolute Gasteiger partial charge is 0.495 e. The number of esters is 1. The highest BCUT2D eigenvalue weighted by molar-refractivity contribution is 7.99. The Balaban J connectivity index is 1.23. The summed E-state index contributed by atoms with van der Waals surface area (Å²) in [6.07, 6.45) is 6.40. The number of carbonyl (C=O) groups excluding carboxylic acids is 5.